The largest absolute Gasteiger partial charge is 0.337 e. The third kappa shape index (κ3) is 6.98. The van der Waals surface area contributed by atoms with E-state index in [2.05, 4.69) is 44.8 Å². The van der Waals surface area contributed by atoms with Crippen LogP contribution in [-0.4, -0.2) is 60.5 Å². The van der Waals surface area contributed by atoms with Crippen LogP contribution in [0.15, 0.2) is 0 Å². The number of halogens is 1. The SMILES string of the molecule is CCNCC1CCN(CC(=O)N(C(C)C)C(C)C)CC1.Cl. The molecular weight excluding hydrogens is 286 g/mol. The van der Waals surface area contributed by atoms with Crippen molar-refractivity contribution in [2.24, 2.45) is 5.92 Å². The Morgan fingerprint density at radius 3 is 2.14 bits per heavy atom. The minimum absolute atomic E-state index is 0. The highest BCUT2D eigenvalue weighted by atomic mass is 35.5. The highest BCUT2D eigenvalue weighted by Gasteiger charge is 2.25. The second kappa shape index (κ2) is 10.4. The van der Waals surface area contributed by atoms with Crippen molar-refractivity contribution in [1.82, 2.24) is 15.1 Å². The van der Waals surface area contributed by atoms with Crippen molar-refractivity contribution >= 4 is 18.3 Å². The topological polar surface area (TPSA) is 35.6 Å². The van der Waals surface area contributed by atoms with Gasteiger partial charge in [-0.3, -0.25) is 9.69 Å². The third-order valence-electron chi connectivity index (χ3n) is 4.15. The van der Waals surface area contributed by atoms with Crippen LogP contribution in [0.25, 0.3) is 0 Å². The molecule has 1 saturated heterocycles. The predicted molar refractivity (Wildman–Crippen MR) is 92.1 cm³/mol. The van der Waals surface area contributed by atoms with Gasteiger partial charge in [0, 0.05) is 12.1 Å². The fourth-order valence-electron chi connectivity index (χ4n) is 3.14. The molecule has 0 aromatic rings. The summed E-state index contributed by atoms with van der Waals surface area (Å²) in [6.07, 6.45) is 2.42. The molecule has 1 fully saturated rings. The standard InChI is InChI=1S/C16H33N3O.ClH/c1-6-17-11-15-7-9-18(10-8-15)12-16(20)19(13(2)3)14(4)5;/h13-15,17H,6-12H2,1-5H3;1H. The molecule has 0 bridgehead atoms. The number of nitrogens with one attached hydrogen (secondary N) is 1. The monoisotopic (exact) mass is 319 g/mol. The Balaban J connectivity index is 0.00000400. The Kier molecular flexibility index (Phi) is 10.3. The lowest BCUT2D eigenvalue weighted by atomic mass is 9.97. The van der Waals surface area contributed by atoms with Gasteiger partial charge in [0.2, 0.25) is 5.91 Å². The van der Waals surface area contributed by atoms with Crippen LogP contribution in [0.2, 0.25) is 0 Å². The van der Waals surface area contributed by atoms with Crippen molar-refractivity contribution in [3.05, 3.63) is 0 Å². The Labute approximate surface area is 137 Å². The van der Waals surface area contributed by atoms with Crippen LogP contribution in [0, 0.1) is 5.92 Å². The van der Waals surface area contributed by atoms with Gasteiger partial charge in [0.15, 0.2) is 0 Å². The van der Waals surface area contributed by atoms with Gasteiger partial charge in [0.1, 0.15) is 0 Å². The molecule has 0 spiro atoms. The highest BCUT2D eigenvalue weighted by molar-refractivity contribution is 5.85. The number of hydrogen-bond acceptors (Lipinski definition) is 3. The molecule has 1 aliphatic heterocycles. The Morgan fingerprint density at radius 1 is 1.19 bits per heavy atom. The summed E-state index contributed by atoms with van der Waals surface area (Å²) in [5.74, 6) is 1.06. The quantitative estimate of drug-likeness (QED) is 0.782. The second-order valence-corrected chi connectivity index (χ2v) is 6.52. The number of likely N-dealkylation sites (tertiary alicyclic amines) is 1. The minimum atomic E-state index is 0. The summed E-state index contributed by atoms with van der Waals surface area (Å²) in [5.41, 5.74) is 0. The molecule has 0 aromatic carbocycles. The lowest BCUT2D eigenvalue weighted by Gasteiger charge is -2.36. The molecular formula is C16H34ClN3O. The molecule has 1 amide bonds. The number of piperidine rings is 1. The Hall–Kier alpha value is -0.320. The van der Waals surface area contributed by atoms with E-state index >= 15 is 0 Å². The molecule has 0 atom stereocenters. The average Bonchev–Trinajstić information content (AvgIpc) is 2.37. The van der Waals surface area contributed by atoms with Gasteiger partial charge in [0.05, 0.1) is 6.54 Å². The van der Waals surface area contributed by atoms with E-state index in [9.17, 15) is 4.79 Å². The molecule has 1 rings (SSSR count). The molecule has 1 N–H and O–H groups in total. The maximum atomic E-state index is 12.4. The first-order chi connectivity index (χ1) is 9.45. The van der Waals surface area contributed by atoms with Crippen LogP contribution in [0.5, 0.6) is 0 Å². The maximum absolute atomic E-state index is 12.4. The third-order valence-corrected chi connectivity index (χ3v) is 4.15. The first kappa shape index (κ1) is 20.7. The first-order valence-corrected chi connectivity index (χ1v) is 8.19. The van der Waals surface area contributed by atoms with Crippen molar-refractivity contribution in [2.45, 2.75) is 59.5 Å². The summed E-state index contributed by atoms with van der Waals surface area (Å²) >= 11 is 0. The number of carbonyl (C=O) groups excluding carboxylic acids is 1. The molecule has 126 valence electrons. The normalized spacial score (nSPS) is 17.1. The molecule has 0 unspecified atom stereocenters. The van der Waals surface area contributed by atoms with Gasteiger partial charge in [0.25, 0.3) is 0 Å². The summed E-state index contributed by atoms with van der Waals surface area (Å²) in [6, 6.07) is 0.572. The summed E-state index contributed by atoms with van der Waals surface area (Å²) < 4.78 is 0. The predicted octanol–water partition coefficient (Wildman–Crippen LogP) is 2.38. The van der Waals surface area contributed by atoms with Gasteiger partial charge >= 0.3 is 0 Å². The molecule has 0 saturated carbocycles. The van der Waals surface area contributed by atoms with Gasteiger partial charge in [-0.15, -0.1) is 12.4 Å². The summed E-state index contributed by atoms with van der Waals surface area (Å²) in [7, 11) is 0. The van der Waals surface area contributed by atoms with Crippen molar-refractivity contribution in [1.29, 1.82) is 0 Å². The van der Waals surface area contributed by atoms with E-state index in [0.717, 1.165) is 32.1 Å². The van der Waals surface area contributed by atoms with Crippen LogP contribution < -0.4 is 5.32 Å². The van der Waals surface area contributed by atoms with E-state index in [-0.39, 0.29) is 30.4 Å². The molecule has 1 heterocycles. The molecule has 0 aromatic heterocycles. The van der Waals surface area contributed by atoms with Crippen molar-refractivity contribution in [3.8, 4) is 0 Å². The molecule has 21 heavy (non-hydrogen) atoms. The fraction of sp³-hybridized carbons (Fsp3) is 0.938. The lowest BCUT2D eigenvalue weighted by molar-refractivity contribution is -0.136. The average molecular weight is 320 g/mol. The Morgan fingerprint density at radius 2 is 1.71 bits per heavy atom. The van der Waals surface area contributed by atoms with E-state index in [1.54, 1.807) is 0 Å². The number of carbonyl (C=O) groups is 1. The summed E-state index contributed by atoms with van der Waals surface area (Å²) in [6.45, 7) is 15.4. The number of hydrogen-bond donors (Lipinski definition) is 1. The molecule has 4 nitrogen and oxygen atoms in total. The van der Waals surface area contributed by atoms with Crippen molar-refractivity contribution < 1.29 is 4.79 Å². The van der Waals surface area contributed by atoms with E-state index in [1.165, 1.54) is 12.8 Å². The van der Waals surface area contributed by atoms with Crippen LogP contribution in [0.3, 0.4) is 0 Å². The smallest absolute Gasteiger partial charge is 0.237 e. The zero-order valence-electron chi connectivity index (χ0n) is 14.4. The second-order valence-electron chi connectivity index (χ2n) is 6.52. The van der Waals surface area contributed by atoms with Gasteiger partial charge in [-0.05, 0) is 72.6 Å². The zero-order chi connectivity index (χ0) is 15.1. The zero-order valence-corrected chi connectivity index (χ0v) is 15.2. The molecule has 1 aliphatic rings. The molecule has 0 radical (unpaired) electrons. The molecule has 5 heteroatoms. The van der Waals surface area contributed by atoms with E-state index < -0.39 is 0 Å². The van der Waals surface area contributed by atoms with Gasteiger partial charge in [-0.2, -0.15) is 0 Å². The van der Waals surface area contributed by atoms with Crippen molar-refractivity contribution in [3.63, 3.8) is 0 Å². The summed E-state index contributed by atoms with van der Waals surface area (Å²) in [4.78, 5) is 16.7. The Bertz CT molecular complexity index is 281. The number of rotatable bonds is 7. The van der Waals surface area contributed by atoms with Gasteiger partial charge < -0.3 is 10.2 Å². The lowest BCUT2D eigenvalue weighted by Crippen LogP contribution is -2.48. The number of nitrogens with zero attached hydrogens (tertiary/aromatic N) is 2. The van der Waals surface area contributed by atoms with E-state index in [4.69, 9.17) is 0 Å². The summed E-state index contributed by atoms with van der Waals surface area (Å²) in [5, 5.41) is 3.43. The van der Waals surface area contributed by atoms with Gasteiger partial charge in [-0.1, -0.05) is 6.92 Å². The number of amides is 1. The van der Waals surface area contributed by atoms with E-state index in [0.29, 0.717) is 6.54 Å². The maximum Gasteiger partial charge on any atom is 0.237 e. The van der Waals surface area contributed by atoms with E-state index in [1.807, 2.05) is 4.90 Å². The molecule has 0 aliphatic carbocycles. The first-order valence-electron chi connectivity index (χ1n) is 8.19. The minimum Gasteiger partial charge on any atom is -0.337 e. The van der Waals surface area contributed by atoms with Crippen molar-refractivity contribution in [2.75, 3.05) is 32.7 Å². The van der Waals surface area contributed by atoms with Crippen LogP contribution >= 0.6 is 12.4 Å². The van der Waals surface area contributed by atoms with Crippen LogP contribution in [0.4, 0.5) is 0 Å². The van der Waals surface area contributed by atoms with Gasteiger partial charge in [-0.25, -0.2) is 0 Å². The van der Waals surface area contributed by atoms with Crippen LogP contribution in [-0.2, 0) is 4.79 Å². The fourth-order valence-corrected chi connectivity index (χ4v) is 3.14. The van der Waals surface area contributed by atoms with Crippen LogP contribution in [0.1, 0.15) is 47.5 Å². The highest BCUT2D eigenvalue weighted by Crippen LogP contribution is 2.17.